The number of rotatable bonds is 3. The monoisotopic (exact) mass is 264 g/mol. The van der Waals surface area contributed by atoms with Gasteiger partial charge in [0.1, 0.15) is 11.7 Å². The van der Waals surface area contributed by atoms with Crippen LogP contribution in [0.3, 0.4) is 0 Å². The molecular weight excluding hydrogens is 243 g/mol. The Morgan fingerprint density at radius 3 is 2.79 bits per heavy atom. The number of hydrogen-bond acceptors (Lipinski definition) is 3. The van der Waals surface area contributed by atoms with Gasteiger partial charge in [0.15, 0.2) is 0 Å². The largest absolute Gasteiger partial charge is 0.384 e. The van der Waals surface area contributed by atoms with E-state index in [1.54, 1.807) is 6.07 Å². The van der Waals surface area contributed by atoms with Gasteiger partial charge in [0.2, 0.25) is 0 Å². The molecule has 0 saturated carbocycles. The maximum absolute atomic E-state index is 13.5. The summed E-state index contributed by atoms with van der Waals surface area (Å²) in [5, 5.41) is 7.41. The molecule has 1 aromatic carbocycles. The molecule has 1 saturated heterocycles. The third kappa shape index (κ3) is 3.52. The van der Waals surface area contributed by atoms with Gasteiger partial charge >= 0.3 is 0 Å². The Labute approximate surface area is 113 Å². The van der Waals surface area contributed by atoms with Crippen molar-refractivity contribution in [2.24, 2.45) is 5.73 Å². The molecule has 104 valence electrons. The van der Waals surface area contributed by atoms with Gasteiger partial charge in [-0.3, -0.25) is 10.3 Å². The van der Waals surface area contributed by atoms with Gasteiger partial charge < -0.3 is 10.6 Å². The minimum Gasteiger partial charge on any atom is -0.384 e. The first-order chi connectivity index (χ1) is 8.95. The molecule has 0 radical (unpaired) electrons. The Morgan fingerprint density at radius 2 is 2.16 bits per heavy atom. The second-order valence-electron chi connectivity index (χ2n) is 5.34. The van der Waals surface area contributed by atoms with E-state index in [4.69, 9.17) is 11.1 Å². The minimum atomic E-state index is -0.329. The van der Waals surface area contributed by atoms with E-state index in [1.807, 2.05) is 0 Å². The molecule has 4 nitrogen and oxygen atoms in total. The molecule has 0 bridgehead atoms. The van der Waals surface area contributed by atoms with E-state index in [-0.39, 0.29) is 11.7 Å². The van der Waals surface area contributed by atoms with Crippen molar-refractivity contribution in [1.82, 2.24) is 9.80 Å². The third-order valence-corrected chi connectivity index (χ3v) is 3.62. The molecule has 1 aliphatic heterocycles. The Balaban J connectivity index is 2.12. The highest BCUT2D eigenvalue weighted by molar-refractivity contribution is 5.95. The van der Waals surface area contributed by atoms with Crippen molar-refractivity contribution in [2.75, 3.05) is 26.7 Å². The summed E-state index contributed by atoms with van der Waals surface area (Å²) in [6.45, 7) is 5.91. The van der Waals surface area contributed by atoms with Crippen LogP contribution in [-0.2, 0) is 6.54 Å². The van der Waals surface area contributed by atoms with Crippen molar-refractivity contribution < 1.29 is 4.39 Å². The zero-order valence-corrected chi connectivity index (χ0v) is 11.5. The van der Waals surface area contributed by atoms with Crippen molar-refractivity contribution in [3.63, 3.8) is 0 Å². The summed E-state index contributed by atoms with van der Waals surface area (Å²) >= 11 is 0. The number of piperazine rings is 1. The minimum absolute atomic E-state index is 0.0906. The van der Waals surface area contributed by atoms with E-state index in [0.29, 0.717) is 18.2 Å². The number of nitrogens with one attached hydrogen (secondary N) is 1. The van der Waals surface area contributed by atoms with Crippen molar-refractivity contribution in [1.29, 1.82) is 5.41 Å². The topological polar surface area (TPSA) is 56.4 Å². The average molecular weight is 264 g/mol. The van der Waals surface area contributed by atoms with E-state index in [1.165, 1.54) is 12.1 Å². The van der Waals surface area contributed by atoms with Gasteiger partial charge in [0.25, 0.3) is 0 Å². The van der Waals surface area contributed by atoms with Crippen molar-refractivity contribution in [3.05, 3.63) is 35.1 Å². The van der Waals surface area contributed by atoms with Crippen LogP contribution in [0.25, 0.3) is 0 Å². The first-order valence-corrected chi connectivity index (χ1v) is 6.52. The molecule has 0 amide bonds. The van der Waals surface area contributed by atoms with Crippen molar-refractivity contribution in [3.8, 4) is 0 Å². The van der Waals surface area contributed by atoms with Gasteiger partial charge in [-0.2, -0.15) is 0 Å². The fourth-order valence-corrected chi connectivity index (χ4v) is 2.54. The molecule has 3 N–H and O–H groups in total. The molecule has 0 aromatic heterocycles. The summed E-state index contributed by atoms with van der Waals surface area (Å²) in [6, 6.07) is 5.08. The fraction of sp³-hybridized carbons (Fsp3) is 0.500. The van der Waals surface area contributed by atoms with Gasteiger partial charge in [0, 0.05) is 37.8 Å². The van der Waals surface area contributed by atoms with Crippen LogP contribution >= 0.6 is 0 Å². The van der Waals surface area contributed by atoms with Gasteiger partial charge in [-0.25, -0.2) is 4.39 Å². The highest BCUT2D eigenvalue weighted by atomic mass is 19.1. The molecule has 19 heavy (non-hydrogen) atoms. The Bertz CT molecular complexity index is 475. The first kappa shape index (κ1) is 14.0. The number of halogens is 1. The lowest BCUT2D eigenvalue weighted by Gasteiger charge is -2.38. The van der Waals surface area contributed by atoms with Crippen LogP contribution in [0, 0.1) is 11.2 Å². The van der Waals surface area contributed by atoms with Gasteiger partial charge in [-0.15, -0.1) is 0 Å². The summed E-state index contributed by atoms with van der Waals surface area (Å²) < 4.78 is 13.5. The second kappa shape index (κ2) is 5.67. The van der Waals surface area contributed by atoms with Crippen LogP contribution in [-0.4, -0.2) is 48.4 Å². The summed E-state index contributed by atoms with van der Waals surface area (Å²) in [4.78, 5) is 4.63. The van der Waals surface area contributed by atoms with Crippen LogP contribution in [0.4, 0.5) is 4.39 Å². The van der Waals surface area contributed by atoms with Crippen LogP contribution in [0.5, 0.6) is 0 Å². The quantitative estimate of drug-likeness (QED) is 0.638. The highest BCUT2D eigenvalue weighted by Crippen LogP contribution is 2.15. The summed E-state index contributed by atoms with van der Waals surface area (Å²) in [5.41, 5.74) is 6.76. The van der Waals surface area contributed by atoms with Crippen LogP contribution in [0.1, 0.15) is 18.1 Å². The maximum atomic E-state index is 13.5. The van der Waals surface area contributed by atoms with Crippen LogP contribution < -0.4 is 5.73 Å². The molecule has 1 aromatic rings. The maximum Gasteiger partial charge on any atom is 0.124 e. The van der Waals surface area contributed by atoms with E-state index in [0.717, 1.165) is 25.2 Å². The predicted molar refractivity (Wildman–Crippen MR) is 74.8 cm³/mol. The number of nitrogen functional groups attached to an aromatic ring is 1. The van der Waals surface area contributed by atoms with Crippen molar-refractivity contribution in [2.45, 2.75) is 19.5 Å². The van der Waals surface area contributed by atoms with Gasteiger partial charge in [-0.1, -0.05) is 0 Å². The molecule has 1 heterocycles. The molecule has 0 spiro atoms. The third-order valence-electron chi connectivity index (χ3n) is 3.62. The van der Waals surface area contributed by atoms with Crippen LogP contribution in [0.15, 0.2) is 18.2 Å². The predicted octanol–water partition coefficient (Wildman–Crippen LogP) is 1.25. The number of likely N-dealkylation sites (N-methyl/N-ethyl adjacent to an activating group) is 1. The summed E-state index contributed by atoms with van der Waals surface area (Å²) in [5.74, 6) is -0.420. The normalized spacial score (nSPS) is 21.5. The number of nitrogens with zero attached hydrogens (tertiary/aromatic N) is 2. The van der Waals surface area contributed by atoms with E-state index in [9.17, 15) is 4.39 Å². The Hall–Kier alpha value is -1.46. The number of amidine groups is 1. The molecule has 0 aliphatic carbocycles. The van der Waals surface area contributed by atoms with Crippen molar-refractivity contribution >= 4 is 5.84 Å². The fourth-order valence-electron chi connectivity index (χ4n) is 2.54. The number of hydrogen-bond donors (Lipinski definition) is 2. The zero-order valence-electron chi connectivity index (χ0n) is 11.5. The molecule has 2 rings (SSSR count). The van der Waals surface area contributed by atoms with Crippen LogP contribution in [0.2, 0.25) is 0 Å². The summed E-state index contributed by atoms with van der Waals surface area (Å²) in [6.07, 6.45) is 0. The first-order valence-electron chi connectivity index (χ1n) is 6.52. The molecule has 1 fully saturated rings. The zero-order chi connectivity index (χ0) is 14.0. The smallest absolute Gasteiger partial charge is 0.124 e. The summed E-state index contributed by atoms with van der Waals surface area (Å²) in [7, 11) is 2.11. The van der Waals surface area contributed by atoms with Gasteiger partial charge in [0.05, 0.1) is 0 Å². The molecule has 1 atom stereocenters. The van der Waals surface area contributed by atoms with Gasteiger partial charge in [-0.05, 0) is 37.7 Å². The molecule has 1 aliphatic rings. The molecule has 1 unspecified atom stereocenters. The number of nitrogens with two attached hydrogens (primary N) is 1. The lowest BCUT2D eigenvalue weighted by molar-refractivity contribution is 0.0937. The van der Waals surface area contributed by atoms with E-state index < -0.39 is 0 Å². The highest BCUT2D eigenvalue weighted by Gasteiger charge is 2.21. The van der Waals surface area contributed by atoms with E-state index >= 15 is 0 Å². The average Bonchev–Trinajstić information content (AvgIpc) is 2.32. The van der Waals surface area contributed by atoms with E-state index in [2.05, 4.69) is 23.8 Å². The lowest BCUT2D eigenvalue weighted by atomic mass is 10.1. The lowest BCUT2D eigenvalue weighted by Crippen LogP contribution is -2.49. The Morgan fingerprint density at radius 1 is 1.42 bits per heavy atom. The Kier molecular flexibility index (Phi) is 4.17. The second-order valence-corrected chi connectivity index (χ2v) is 5.34. The molecule has 5 heteroatoms. The SMILES string of the molecule is CC1CN(C)CCN1Cc1cc(F)cc(C(=N)N)c1. The standard InChI is InChI=1S/C14H21FN4/c1-10-8-18(2)3-4-19(10)9-11-5-12(14(16)17)7-13(15)6-11/h5-7,10H,3-4,8-9H2,1-2H3,(H3,16,17). The molecular formula is C14H21FN4. The number of benzene rings is 1.